The Hall–Kier alpha value is -1.00. The number of piperidine rings is 1. The van der Waals surface area contributed by atoms with Crippen LogP contribution in [0.25, 0.3) is 0 Å². The predicted molar refractivity (Wildman–Crippen MR) is 94.4 cm³/mol. The SMILES string of the molecule is Cc1ccc(SCC(=O)NCCCN2CCCCC2C)cc1. The minimum absolute atomic E-state index is 0.136. The lowest BCUT2D eigenvalue weighted by Gasteiger charge is -2.33. The van der Waals surface area contributed by atoms with Crippen molar-refractivity contribution in [3.05, 3.63) is 29.8 Å². The number of hydrogen-bond donors (Lipinski definition) is 1. The van der Waals surface area contributed by atoms with Crippen LogP contribution in [0.15, 0.2) is 29.2 Å². The molecule has 1 heterocycles. The molecular formula is C18H28N2OS. The molecule has 1 aromatic rings. The van der Waals surface area contributed by atoms with Gasteiger partial charge in [-0.25, -0.2) is 0 Å². The van der Waals surface area contributed by atoms with E-state index in [1.54, 1.807) is 11.8 Å². The summed E-state index contributed by atoms with van der Waals surface area (Å²) >= 11 is 1.60. The van der Waals surface area contributed by atoms with Gasteiger partial charge in [0.05, 0.1) is 5.75 Å². The van der Waals surface area contributed by atoms with E-state index in [0.29, 0.717) is 11.8 Å². The van der Waals surface area contributed by atoms with Crippen LogP contribution in [-0.2, 0) is 4.79 Å². The summed E-state index contributed by atoms with van der Waals surface area (Å²) in [7, 11) is 0. The molecule has 0 radical (unpaired) electrons. The molecule has 1 fully saturated rings. The van der Waals surface area contributed by atoms with Crippen molar-refractivity contribution >= 4 is 17.7 Å². The average Bonchev–Trinajstić information content (AvgIpc) is 2.52. The van der Waals surface area contributed by atoms with E-state index in [2.05, 4.69) is 48.3 Å². The second kappa shape index (κ2) is 9.21. The maximum absolute atomic E-state index is 11.9. The number of nitrogens with zero attached hydrogens (tertiary/aromatic N) is 1. The molecule has 22 heavy (non-hydrogen) atoms. The van der Waals surface area contributed by atoms with Crippen molar-refractivity contribution in [3.63, 3.8) is 0 Å². The summed E-state index contributed by atoms with van der Waals surface area (Å²) in [4.78, 5) is 15.6. The fourth-order valence-corrected chi connectivity index (χ4v) is 3.56. The Labute approximate surface area is 138 Å². The van der Waals surface area contributed by atoms with Gasteiger partial charge in [0.1, 0.15) is 0 Å². The minimum Gasteiger partial charge on any atom is -0.355 e. The zero-order chi connectivity index (χ0) is 15.8. The molecule has 1 atom stereocenters. The number of nitrogens with one attached hydrogen (secondary N) is 1. The van der Waals surface area contributed by atoms with Crippen molar-refractivity contribution < 1.29 is 4.79 Å². The molecule has 0 saturated carbocycles. The van der Waals surface area contributed by atoms with Gasteiger partial charge >= 0.3 is 0 Å². The predicted octanol–water partition coefficient (Wildman–Crippen LogP) is 3.47. The van der Waals surface area contributed by atoms with Crippen molar-refractivity contribution in [2.75, 3.05) is 25.4 Å². The number of hydrogen-bond acceptors (Lipinski definition) is 3. The Morgan fingerprint density at radius 3 is 2.82 bits per heavy atom. The van der Waals surface area contributed by atoms with Crippen molar-refractivity contribution in [1.29, 1.82) is 0 Å². The zero-order valence-electron chi connectivity index (χ0n) is 13.8. The van der Waals surface area contributed by atoms with Crippen molar-refractivity contribution in [1.82, 2.24) is 10.2 Å². The third kappa shape index (κ3) is 6.01. The first kappa shape index (κ1) is 17.4. The smallest absolute Gasteiger partial charge is 0.230 e. The summed E-state index contributed by atoms with van der Waals surface area (Å²) in [6.45, 7) is 7.50. The highest BCUT2D eigenvalue weighted by Crippen LogP contribution is 2.18. The molecule has 1 aliphatic heterocycles. The number of aryl methyl sites for hydroxylation is 1. The molecule has 0 aliphatic carbocycles. The standard InChI is InChI=1S/C18H28N2OS/c1-15-7-9-17(10-8-15)22-14-18(21)19-11-5-13-20-12-4-3-6-16(20)2/h7-10,16H,3-6,11-14H2,1-2H3,(H,19,21). The van der Waals surface area contributed by atoms with Crippen LogP contribution in [0, 0.1) is 6.92 Å². The van der Waals surface area contributed by atoms with Gasteiger partial charge in [0.15, 0.2) is 0 Å². The van der Waals surface area contributed by atoms with E-state index in [0.717, 1.165) is 24.4 Å². The Kier molecular flexibility index (Phi) is 7.26. The third-order valence-corrected chi connectivity index (χ3v) is 5.29. The minimum atomic E-state index is 0.136. The van der Waals surface area contributed by atoms with Gasteiger partial charge in [-0.3, -0.25) is 4.79 Å². The molecule has 2 rings (SSSR count). The topological polar surface area (TPSA) is 32.3 Å². The molecule has 1 saturated heterocycles. The van der Waals surface area contributed by atoms with Gasteiger partial charge in [0.2, 0.25) is 5.91 Å². The van der Waals surface area contributed by atoms with Crippen LogP contribution >= 0.6 is 11.8 Å². The van der Waals surface area contributed by atoms with E-state index in [4.69, 9.17) is 0 Å². The second-order valence-corrected chi connectivity index (χ2v) is 7.23. The monoisotopic (exact) mass is 320 g/mol. The lowest BCUT2D eigenvalue weighted by atomic mass is 10.0. The van der Waals surface area contributed by atoms with Gasteiger partial charge in [0, 0.05) is 24.0 Å². The molecule has 0 aromatic heterocycles. The lowest BCUT2D eigenvalue weighted by Crippen LogP contribution is -2.39. The van der Waals surface area contributed by atoms with Crippen molar-refractivity contribution in [3.8, 4) is 0 Å². The number of benzene rings is 1. The number of carbonyl (C=O) groups is 1. The Morgan fingerprint density at radius 2 is 2.09 bits per heavy atom. The van der Waals surface area contributed by atoms with E-state index >= 15 is 0 Å². The van der Waals surface area contributed by atoms with Crippen LogP contribution in [0.2, 0.25) is 0 Å². The van der Waals surface area contributed by atoms with Crippen molar-refractivity contribution in [2.45, 2.75) is 50.5 Å². The molecule has 3 nitrogen and oxygen atoms in total. The van der Waals surface area contributed by atoms with E-state index < -0.39 is 0 Å². The van der Waals surface area contributed by atoms with Gasteiger partial charge in [0.25, 0.3) is 0 Å². The lowest BCUT2D eigenvalue weighted by molar-refractivity contribution is -0.118. The Bertz CT molecular complexity index is 461. The second-order valence-electron chi connectivity index (χ2n) is 6.19. The van der Waals surface area contributed by atoms with Crippen LogP contribution < -0.4 is 5.32 Å². The summed E-state index contributed by atoms with van der Waals surface area (Å²) in [6.07, 6.45) is 5.05. The molecule has 1 aromatic carbocycles. The molecule has 1 unspecified atom stereocenters. The molecule has 0 bridgehead atoms. The first-order valence-electron chi connectivity index (χ1n) is 8.35. The Morgan fingerprint density at radius 1 is 1.32 bits per heavy atom. The number of likely N-dealkylation sites (tertiary alicyclic amines) is 1. The van der Waals surface area contributed by atoms with Crippen LogP contribution in [-0.4, -0.2) is 42.2 Å². The molecule has 4 heteroatoms. The van der Waals surface area contributed by atoms with Crippen LogP contribution in [0.3, 0.4) is 0 Å². The van der Waals surface area contributed by atoms with Gasteiger partial charge in [-0.1, -0.05) is 24.1 Å². The maximum Gasteiger partial charge on any atom is 0.230 e. The van der Waals surface area contributed by atoms with Crippen LogP contribution in [0.1, 0.15) is 38.2 Å². The highest BCUT2D eigenvalue weighted by molar-refractivity contribution is 8.00. The molecule has 1 aliphatic rings. The fraction of sp³-hybridized carbons (Fsp3) is 0.611. The fourth-order valence-electron chi connectivity index (χ4n) is 2.83. The summed E-state index contributed by atoms with van der Waals surface area (Å²) in [5.41, 5.74) is 1.25. The number of amides is 1. The van der Waals surface area contributed by atoms with Gasteiger partial charge in [-0.15, -0.1) is 11.8 Å². The van der Waals surface area contributed by atoms with Gasteiger partial charge in [-0.2, -0.15) is 0 Å². The third-order valence-electron chi connectivity index (χ3n) is 4.28. The molecular weight excluding hydrogens is 292 g/mol. The maximum atomic E-state index is 11.9. The van der Waals surface area contributed by atoms with E-state index in [9.17, 15) is 4.79 Å². The first-order valence-corrected chi connectivity index (χ1v) is 9.34. The molecule has 0 spiro atoms. The van der Waals surface area contributed by atoms with Gasteiger partial charge in [-0.05, 0) is 51.8 Å². The van der Waals surface area contributed by atoms with E-state index in [1.165, 1.54) is 31.4 Å². The van der Waals surface area contributed by atoms with E-state index in [-0.39, 0.29) is 5.91 Å². The highest BCUT2D eigenvalue weighted by atomic mass is 32.2. The van der Waals surface area contributed by atoms with E-state index in [1.807, 2.05) is 0 Å². The number of carbonyl (C=O) groups excluding carboxylic acids is 1. The average molecular weight is 321 g/mol. The van der Waals surface area contributed by atoms with Crippen LogP contribution in [0.5, 0.6) is 0 Å². The first-order chi connectivity index (χ1) is 10.6. The molecule has 122 valence electrons. The summed E-state index contributed by atoms with van der Waals surface area (Å²) in [6, 6.07) is 9.03. The summed E-state index contributed by atoms with van der Waals surface area (Å²) < 4.78 is 0. The number of thioether (sulfide) groups is 1. The normalized spacial score (nSPS) is 19.1. The Balaban J connectivity index is 1.56. The molecule has 1 amide bonds. The summed E-state index contributed by atoms with van der Waals surface area (Å²) in [5, 5.41) is 3.03. The largest absolute Gasteiger partial charge is 0.355 e. The number of rotatable bonds is 7. The summed E-state index contributed by atoms with van der Waals surface area (Å²) in [5.74, 6) is 0.640. The quantitative estimate of drug-likeness (QED) is 0.617. The van der Waals surface area contributed by atoms with Crippen LogP contribution in [0.4, 0.5) is 0 Å². The van der Waals surface area contributed by atoms with Crippen molar-refractivity contribution in [2.24, 2.45) is 0 Å². The zero-order valence-corrected chi connectivity index (χ0v) is 14.6. The molecule has 1 N–H and O–H groups in total. The van der Waals surface area contributed by atoms with Gasteiger partial charge < -0.3 is 10.2 Å². The highest BCUT2D eigenvalue weighted by Gasteiger charge is 2.17.